The van der Waals surface area contributed by atoms with Crippen molar-refractivity contribution in [2.24, 2.45) is 0 Å². The molecule has 1 aliphatic heterocycles. The first-order valence-corrected chi connectivity index (χ1v) is 4.48. The fourth-order valence-electron chi connectivity index (χ4n) is 1.10. The normalized spacial score (nSPS) is 14.9. The van der Waals surface area contributed by atoms with Crippen molar-refractivity contribution in [1.82, 2.24) is 9.78 Å². The van der Waals surface area contributed by atoms with Gasteiger partial charge in [0.1, 0.15) is 10.8 Å². The molecule has 0 bridgehead atoms. The molecule has 1 aliphatic rings. The maximum atomic E-state index is 4.33. The van der Waals surface area contributed by atoms with Crippen molar-refractivity contribution in [1.29, 1.82) is 0 Å². The van der Waals surface area contributed by atoms with Crippen LogP contribution >= 0.6 is 11.8 Å². The van der Waals surface area contributed by atoms with Gasteiger partial charge in [-0.25, -0.2) is 4.68 Å². The van der Waals surface area contributed by atoms with Crippen LogP contribution in [0.15, 0.2) is 11.1 Å². The van der Waals surface area contributed by atoms with Crippen molar-refractivity contribution in [2.45, 2.75) is 11.6 Å². The second kappa shape index (κ2) is 2.20. The van der Waals surface area contributed by atoms with Crippen LogP contribution in [0.5, 0.6) is 0 Å². The second-order valence-corrected chi connectivity index (χ2v) is 3.05. The number of fused-ring (bicyclic) bond motifs is 1. The van der Waals surface area contributed by atoms with Crippen LogP contribution in [0.4, 0.5) is 5.82 Å². The van der Waals surface area contributed by atoms with Crippen LogP contribution in [-0.4, -0.2) is 22.6 Å². The predicted molar refractivity (Wildman–Crippen MR) is 42.5 cm³/mol. The van der Waals surface area contributed by atoms with Gasteiger partial charge < -0.3 is 5.32 Å². The average molecular weight is 155 g/mol. The Morgan fingerprint density at radius 2 is 2.70 bits per heavy atom. The van der Waals surface area contributed by atoms with Gasteiger partial charge in [0.05, 0.1) is 6.54 Å². The number of nitrogens with one attached hydrogen (secondary N) is 1. The van der Waals surface area contributed by atoms with Gasteiger partial charge in [-0.15, -0.1) is 11.8 Å². The van der Waals surface area contributed by atoms with Crippen LogP contribution < -0.4 is 5.32 Å². The molecule has 1 N–H and O–H groups in total. The van der Waals surface area contributed by atoms with Gasteiger partial charge in [0, 0.05) is 12.6 Å². The fourth-order valence-corrected chi connectivity index (χ4v) is 1.51. The van der Waals surface area contributed by atoms with Crippen molar-refractivity contribution in [2.75, 3.05) is 18.1 Å². The first-order chi connectivity index (χ1) is 4.90. The van der Waals surface area contributed by atoms with E-state index in [1.54, 1.807) is 11.8 Å². The molecule has 0 spiro atoms. The second-order valence-electron chi connectivity index (χ2n) is 2.22. The molecule has 0 saturated carbocycles. The molecule has 0 aliphatic carbocycles. The van der Waals surface area contributed by atoms with Crippen molar-refractivity contribution in [3.63, 3.8) is 0 Å². The molecule has 10 heavy (non-hydrogen) atoms. The summed E-state index contributed by atoms with van der Waals surface area (Å²) >= 11 is 1.68. The van der Waals surface area contributed by atoms with Gasteiger partial charge in [-0.05, 0) is 6.26 Å². The number of hydrogen-bond acceptors (Lipinski definition) is 3. The van der Waals surface area contributed by atoms with Gasteiger partial charge in [0.15, 0.2) is 0 Å². The van der Waals surface area contributed by atoms with Crippen molar-refractivity contribution in [3.05, 3.63) is 6.07 Å². The van der Waals surface area contributed by atoms with E-state index in [0.717, 1.165) is 23.9 Å². The Kier molecular flexibility index (Phi) is 1.34. The van der Waals surface area contributed by atoms with Crippen LogP contribution in [0.1, 0.15) is 0 Å². The summed E-state index contributed by atoms with van der Waals surface area (Å²) in [5, 5.41) is 8.67. The lowest BCUT2D eigenvalue weighted by Crippen LogP contribution is -1.96. The zero-order valence-electron chi connectivity index (χ0n) is 5.79. The Labute approximate surface area is 63.8 Å². The summed E-state index contributed by atoms with van der Waals surface area (Å²) < 4.78 is 2.01. The Morgan fingerprint density at radius 1 is 1.80 bits per heavy atom. The third-order valence-corrected chi connectivity index (χ3v) is 2.21. The van der Waals surface area contributed by atoms with Gasteiger partial charge in [0.25, 0.3) is 0 Å². The number of anilines is 1. The standard InChI is InChI=1S/C6H9N3S/c1-10-6-4-5-7-2-3-9(5)8-6/h4,7H,2-3H2,1H3. The lowest BCUT2D eigenvalue weighted by atomic mass is 10.6. The number of aromatic nitrogens is 2. The Bertz CT molecular complexity index is 222. The van der Waals surface area contributed by atoms with Crippen molar-refractivity contribution >= 4 is 17.6 Å². The van der Waals surface area contributed by atoms with Gasteiger partial charge in [-0.1, -0.05) is 0 Å². The van der Waals surface area contributed by atoms with E-state index in [-0.39, 0.29) is 0 Å². The van der Waals surface area contributed by atoms with E-state index < -0.39 is 0 Å². The minimum Gasteiger partial charge on any atom is -0.368 e. The summed E-state index contributed by atoms with van der Waals surface area (Å²) in [7, 11) is 0. The monoisotopic (exact) mass is 155 g/mol. The molecule has 0 amide bonds. The maximum Gasteiger partial charge on any atom is 0.125 e. The molecule has 0 saturated heterocycles. The molecule has 54 valence electrons. The molecule has 0 radical (unpaired) electrons. The van der Waals surface area contributed by atoms with E-state index in [2.05, 4.69) is 16.5 Å². The minimum atomic E-state index is 1.01. The van der Waals surface area contributed by atoms with Gasteiger partial charge >= 0.3 is 0 Å². The highest BCUT2D eigenvalue weighted by atomic mass is 32.2. The predicted octanol–water partition coefficient (Wildman–Crippen LogP) is 1.03. The van der Waals surface area contributed by atoms with Crippen molar-refractivity contribution in [3.8, 4) is 0 Å². The topological polar surface area (TPSA) is 29.9 Å². The lowest BCUT2D eigenvalue weighted by Gasteiger charge is -1.87. The summed E-state index contributed by atoms with van der Waals surface area (Å²) in [5.41, 5.74) is 0. The van der Waals surface area contributed by atoms with Gasteiger partial charge in [-0.3, -0.25) is 0 Å². The van der Waals surface area contributed by atoms with E-state index in [1.807, 2.05) is 10.9 Å². The van der Waals surface area contributed by atoms with Gasteiger partial charge in [-0.2, -0.15) is 5.10 Å². The molecule has 2 rings (SSSR count). The molecule has 0 unspecified atom stereocenters. The third kappa shape index (κ3) is 0.794. The number of thioether (sulfide) groups is 1. The quantitative estimate of drug-likeness (QED) is 0.614. The summed E-state index contributed by atoms with van der Waals surface area (Å²) in [6.07, 6.45) is 2.04. The van der Waals surface area contributed by atoms with E-state index >= 15 is 0 Å². The highest BCUT2D eigenvalue weighted by Crippen LogP contribution is 2.20. The van der Waals surface area contributed by atoms with Crippen LogP contribution in [-0.2, 0) is 6.54 Å². The number of hydrogen-bond donors (Lipinski definition) is 1. The fraction of sp³-hybridized carbons (Fsp3) is 0.500. The molecule has 4 heteroatoms. The Balaban J connectivity index is 2.37. The zero-order valence-corrected chi connectivity index (χ0v) is 6.61. The number of rotatable bonds is 1. The molecule has 0 atom stereocenters. The van der Waals surface area contributed by atoms with Gasteiger partial charge in [0.2, 0.25) is 0 Å². The van der Waals surface area contributed by atoms with Crippen LogP contribution in [0.2, 0.25) is 0 Å². The summed E-state index contributed by atoms with van der Waals surface area (Å²) in [5.74, 6) is 1.16. The first-order valence-electron chi connectivity index (χ1n) is 3.26. The molecule has 1 aromatic rings. The largest absolute Gasteiger partial charge is 0.368 e. The first kappa shape index (κ1) is 6.09. The van der Waals surface area contributed by atoms with Crippen LogP contribution in [0, 0.1) is 0 Å². The van der Waals surface area contributed by atoms with E-state index in [9.17, 15) is 0 Å². The summed E-state index contributed by atoms with van der Waals surface area (Å²) in [6.45, 7) is 2.03. The molecule has 1 aromatic heterocycles. The smallest absolute Gasteiger partial charge is 0.125 e. The third-order valence-electron chi connectivity index (χ3n) is 1.60. The SMILES string of the molecule is CSc1cc2n(n1)CCN2. The molecule has 2 heterocycles. The van der Waals surface area contributed by atoms with Crippen molar-refractivity contribution < 1.29 is 0 Å². The molecule has 0 fully saturated rings. The molecule has 0 aromatic carbocycles. The van der Waals surface area contributed by atoms with Crippen LogP contribution in [0.3, 0.4) is 0 Å². The molecule has 3 nitrogen and oxygen atoms in total. The lowest BCUT2D eigenvalue weighted by molar-refractivity contribution is 0.673. The molecular formula is C6H9N3S. The van der Waals surface area contributed by atoms with Crippen LogP contribution in [0.25, 0.3) is 0 Å². The number of nitrogens with zero attached hydrogens (tertiary/aromatic N) is 2. The average Bonchev–Trinajstić information content (AvgIpc) is 2.42. The minimum absolute atomic E-state index is 1.01. The Hall–Kier alpha value is -0.640. The Morgan fingerprint density at radius 3 is 3.40 bits per heavy atom. The van der Waals surface area contributed by atoms with E-state index in [0.29, 0.717) is 0 Å². The highest BCUT2D eigenvalue weighted by Gasteiger charge is 2.11. The maximum absolute atomic E-state index is 4.33. The molecular weight excluding hydrogens is 146 g/mol. The zero-order chi connectivity index (χ0) is 6.97. The van der Waals surface area contributed by atoms with E-state index in [4.69, 9.17) is 0 Å². The highest BCUT2D eigenvalue weighted by molar-refractivity contribution is 7.98. The van der Waals surface area contributed by atoms with E-state index in [1.165, 1.54) is 0 Å². The summed E-state index contributed by atoms with van der Waals surface area (Å²) in [6, 6.07) is 2.08. The summed E-state index contributed by atoms with van der Waals surface area (Å²) in [4.78, 5) is 0.